The van der Waals surface area contributed by atoms with Crippen LogP contribution in [-0.2, 0) is 0 Å². The molecule has 19 heavy (non-hydrogen) atoms. The molecule has 106 valence electrons. The van der Waals surface area contributed by atoms with E-state index in [1.54, 1.807) is 0 Å². The van der Waals surface area contributed by atoms with E-state index in [9.17, 15) is 0 Å². The second-order valence-electron chi connectivity index (χ2n) is 6.04. The van der Waals surface area contributed by atoms with Crippen molar-refractivity contribution in [3.63, 3.8) is 0 Å². The van der Waals surface area contributed by atoms with Gasteiger partial charge in [0.25, 0.3) is 0 Å². The van der Waals surface area contributed by atoms with Crippen molar-refractivity contribution in [2.75, 3.05) is 38.6 Å². The Balaban J connectivity index is 2.13. The number of hydrogen-bond donors (Lipinski definition) is 1. The van der Waals surface area contributed by atoms with Crippen LogP contribution in [0.3, 0.4) is 0 Å². The van der Waals surface area contributed by atoms with Gasteiger partial charge in [0, 0.05) is 30.9 Å². The van der Waals surface area contributed by atoms with E-state index in [0.717, 1.165) is 19.6 Å². The van der Waals surface area contributed by atoms with Crippen molar-refractivity contribution >= 4 is 5.69 Å². The molecule has 1 saturated heterocycles. The Labute approximate surface area is 117 Å². The molecular formula is C16H27N3. The van der Waals surface area contributed by atoms with Gasteiger partial charge < -0.3 is 15.1 Å². The minimum absolute atomic E-state index is 0.543. The Hall–Kier alpha value is -1.06. The van der Waals surface area contributed by atoms with Crippen molar-refractivity contribution in [1.29, 1.82) is 0 Å². The van der Waals surface area contributed by atoms with E-state index in [1.807, 2.05) is 0 Å². The molecule has 3 heteroatoms. The molecule has 1 N–H and O–H groups in total. The highest BCUT2D eigenvalue weighted by Crippen LogP contribution is 2.21. The fourth-order valence-corrected chi connectivity index (χ4v) is 2.79. The van der Waals surface area contributed by atoms with E-state index < -0.39 is 0 Å². The van der Waals surface area contributed by atoms with Crippen LogP contribution >= 0.6 is 0 Å². The third-order valence-corrected chi connectivity index (χ3v) is 3.90. The highest BCUT2D eigenvalue weighted by molar-refractivity contribution is 5.48. The zero-order valence-electron chi connectivity index (χ0n) is 12.7. The van der Waals surface area contributed by atoms with Crippen LogP contribution < -0.4 is 10.2 Å². The van der Waals surface area contributed by atoms with Gasteiger partial charge in [0.2, 0.25) is 0 Å². The van der Waals surface area contributed by atoms with Gasteiger partial charge in [0.1, 0.15) is 0 Å². The lowest BCUT2D eigenvalue weighted by molar-refractivity contribution is 0.346. The summed E-state index contributed by atoms with van der Waals surface area (Å²) in [4.78, 5) is 4.81. The molecule has 1 fully saturated rings. The van der Waals surface area contributed by atoms with Crippen molar-refractivity contribution in [3.05, 3.63) is 29.8 Å². The summed E-state index contributed by atoms with van der Waals surface area (Å²) in [6.07, 6.45) is 1.21. The highest BCUT2D eigenvalue weighted by atomic mass is 15.2. The molecule has 0 amide bonds. The summed E-state index contributed by atoms with van der Waals surface area (Å²) in [5.74, 6) is 0. The second kappa shape index (κ2) is 6.40. The Bertz CT molecular complexity index is 385. The molecule has 2 unspecified atom stereocenters. The lowest BCUT2D eigenvalue weighted by Gasteiger charge is -2.32. The SMILES string of the molecule is Cc1ccc(N2CC(CN(C)C)NCCC2C)cc1. The Morgan fingerprint density at radius 1 is 1.26 bits per heavy atom. The molecule has 2 rings (SSSR count). The molecular weight excluding hydrogens is 234 g/mol. The molecule has 0 aliphatic carbocycles. The average Bonchev–Trinajstić information content (AvgIpc) is 2.52. The lowest BCUT2D eigenvalue weighted by Crippen LogP contribution is -2.45. The van der Waals surface area contributed by atoms with Gasteiger partial charge >= 0.3 is 0 Å². The fourth-order valence-electron chi connectivity index (χ4n) is 2.79. The third kappa shape index (κ3) is 3.95. The van der Waals surface area contributed by atoms with E-state index >= 15 is 0 Å². The number of hydrogen-bond acceptors (Lipinski definition) is 3. The maximum absolute atomic E-state index is 3.67. The first-order valence-corrected chi connectivity index (χ1v) is 7.27. The van der Waals surface area contributed by atoms with E-state index in [2.05, 4.69) is 67.3 Å². The van der Waals surface area contributed by atoms with Gasteiger partial charge in [-0.3, -0.25) is 0 Å². The molecule has 1 aliphatic heterocycles. The van der Waals surface area contributed by atoms with E-state index in [0.29, 0.717) is 12.1 Å². The number of nitrogens with one attached hydrogen (secondary N) is 1. The molecule has 0 saturated carbocycles. The van der Waals surface area contributed by atoms with Crippen molar-refractivity contribution < 1.29 is 0 Å². The maximum Gasteiger partial charge on any atom is 0.0371 e. The van der Waals surface area contributed by atoms with Crippen LogP contribution in [0, 0.1) is 6.92 Å². The first-order valence-electron chi connectivity index (χ1n) is 7.27. The van der Waals surface area contributed by atoms with Crippen LogP contribution in [0.4, 0.5) is 5.69 Å². The molecule has 1 aromatic carbocycles. The summed E-state index contributed by atoms with van der Waals surface area (Å²) in [5, 5.41) is 3.67. The smallest absolute Gasteiger partial charge is 0.0371 e. The minimum atomic E-state index is 0.543. The van der Waals surface area contributed by atoms with Crippen molar-refractivity contribution in [3.8, 4) is 0 Å². The normalized spacial score (nSPS) is 24.6. The fraction of sp³-hybridized carbons (Fsp3) is 0.625. The topological polar surface area (TPSA) is 18.5 Å². The summed E-state index contributed by atoms with van der Waals surface area (Å²) < 4.78 is 0. The molecule has 1 aromatic rings. The van der Waals surface area contributed by atoms with Crippen LogP contribution in [-0.4, -0.2) is 50.7 Å². The van der Waals surface area contributed by atoms with E-state index in [-0.39, 0.29) is 0 Å². The summed E-state index contributed by atoms with van der Waals surface area (Å²) in [5.41, 5.74) is 2.68. The van der Waals surface area contributed by atoms with E-state index in [4.69, 9.17) is 0 Å². The first-order chi connectivity index (χ1) is 9.06. The third-order valence-electron chi connectivity index (χ3n) is 3.90. The predicted octanol–water partition coefficient (Wildman–Crippen LogP) is 2.11. The zero-order valence-corrected chi connectivity index (χ0v) is 12.7. The quantitative estimate of drug-likeness (QED) is 0.899. The van der Waals surface area contributed by atoms with Crippen LogP contribution in [0.1, 0.15) is 18.9 Å². The standard InChI is InChI=1S/C16H27N3/c1-13-5-7-16(8-6-13)19-12-15(11-18(3)4)17-10-9-14(19)2/h5-8,14-15,17H,9-12H2,1-4H3. The number of likely N-dealkylation sites (N-methyl/N-ethyl adjacent to an activating group) is 1. The van der Waals surface area contributed by atoms with Gasteiger partial charge in [-0.2, -0.15) is 0 Å². The Morgan fingerprint density at radius 2 is 1.95 bits per heavy atom. The number of aryl methyl sites for hydroxylation is 1. The first kappa shape index (κ1) is 14.4. The van der Waals surface area contributed by atoms with Gasteiger partial charge in [0.15, 0.2) is 0 Å². The summed E-state index contributed by atoms with van der Waals surface area (Å²) >= 11 is 0. The van der Waals surface area contributed by atoms with Gasteiger partial charge in [-0.05, 0) is 53.0 Å². The number of nitrogens with zero attached hydrogens (tertiary/aromatic N) is 2. The second-order valence-corrected chi connectivity index (χ2v) is 6.04. The molecule has 1 heterocycles. The number of benzene rings is 1. The lowest BCUT2D eigenvalue weighted by atomic mass is 10.1. The highest BCUT2D eigenvalue weighted by Gasteiger charge is 2.23. The van der Waals surface area contributed by atoms with Crippen LogP contribution in [0.5, 0.6) is 0 Å². The number of anilines is 1. The number of rotatable bonds is 3. The summed E-state index contributed by atoms with van der Waals surface area (Å²) in [6.45, 7) is 7.77. The monoisotopic (exact) mass is 261 g/mol. The van der Waals surface area contributed by atoms with E-state index in [1.165, 1.54) is 17.7 Å². The Morgan fingerprint density at radius 3 is 2.58 bits per heavy atom. The van der Waals surface area contributed by atoms with Gasteiger partial charge in [-0.25, -0.2) is 0 Å². The van der Waals surface area contributed by atoms with Gasteiger partial charge in [-0.15, -0.1) is 0 Å². The largest absolute Gasteiger partial charge is 0.367 e. The van der Waals surface area contributed by atoms with Crippen molar-refractivity contribution in [2.24, 2.45) is 0 Å². The molecule has 0 radical (unpaired) electrons. The van der Waals surface area contributed by atoms with Crippen molar-refractivity contribution in [2.45, 2.75) is 32.4 Å². The molecule has 0 bridgehead atoms. The van der Waals surface area contributed by atoms with Crippen LogP contribution in [0.15, 0.2) is 24.3 Å². The van der Waals surface area contributed by atoms with Gasteiger partial charge in [0.05, 0.1) is 0 Å². The predicted molar refractivity (Wildman–Crippen MR) is 82.9 cm³/mol. The molecule has 3 nitrogen and oxygen atoms in total. The average molecular weight is 261 g/mol. The van der Waals surface area contributed by atoms with Crippen molar-refractivity contribution in [1.82, 2.24) is 10.2 Å². The molecule has 0 spiro atoms. The summed E-state index contributed by atoms with van der Waals surface area (Å²) in [6, 6.07) is 10.1. The molecule has 0 aromatic heterocycles. The summed E-state index contributed by atoms with van der Waals surface area (Å²) in [7, 11) is 4.29. The van der Waals surface area contributed by atoms with Crippen LogP contribution in [0.2, 0.25) is 0 Å². The molecule has 1 aliphatic rings. The minimum Gasteiger partial charge on any atom is -0.367 e. The van der Waals surface area contributed by atoms with Crippen LogP contribution in [0.25, 0.3) is 0 Å². The van der Waals surface area contributed by atoms with Gasteiger partial charge in [-0.1, -0.05) is 17.7 Å². The molecule has 2 atom stereocenters. The Kier molecular flexibility index (Phi) is 4.83. The zero-order chi connectivity index (χ0) is 13.8. The maximum atomic E-state index is 3.67.